The summed E-state index contributed by atoms with van der Waals surface area (Å²) in [4.78, 5) is 18.4. The molecule has 118 valence electrons. The lowest BCUT2D eigenvalue weighted by molar-refractivity contribution is 0.112. The van der Waals surface area contributed by atoms with Crippen LogP contribution in [0.1, 0.15) is 28.3 Å². The van der Waals surface area contributed by atoms with Crippen LogP contribution in [0, 0.1) is 6.92 Å². The minimum Gasteiger partial charge on any atom is -0.494 e. The zero-order valence-electron chi connectivity index (χ0n) is 13.3. The number of aldehydes is 1. The predicted molar refractivity (Wildman–Crippen MR) is 91.0 cm³/mol. The molecule has 1 heterocycles. The quantitative estimate of drug-likeness (QED) is 0.550. The molecule has 4 nitrogen and oxygen atoms in total. The largest absolute Gasteiger partial charge is 0.494 e. The van der Waals surface area contributed by atoms with Crippen molar-refractivity contribution in [3.8, 4) is 16.2 Å². The topological polar surface area (TPSA) is 42.4 Å². The summed E-state index contributed by atoms with van der Waals surface area (Å²) in [5.74, 6) is 0.838. The fourth-order valence-corrected chi connectivity index (χ4v) is 3.06. The summed E-state index contributed by atoms with van der Waals surface area (Å²) in [6, 6.07) is 7.86. The van der Waals surface area contributed by atoms with Crippen LogP contribution in [0.25, 0.3) is 10.4 Å². The van der Waals surface area contributed by atoms with Gasteiger partial charge in [-0.15, -0.1) is 11.3 Å². The van der Waals surface area contributed by atoms with Gasteiger partial charge >= 0.3 is 0 Å². The monoisotopic (exact) mass is 318 g/mol. The molecule has 0 N–H and O–H groups in total. The smallest absolute Gasteiger partial charge is 0.169 e. The first-order valence-electron chi connectivity index (χ1n) is 7.40. The van der Waals surface area contributed by atoms with E-state index in [1.54, 1.807) is 0 Å². The molecule has 0 spiro atoms. The van der Waals surface area contributed by atoms with Crippen LogP contribution in [-0.2, 0) is 0 Å². The third-order valence-corrected chi connectivity index (χ3v) is 4.27. The summed E-state index contributed by atoms with van der Waals surface area (Å²) in [5, 5.41) is 0.895. The average Bonchev–Trinajstić information content (AvgIpc) is 2.88. The van der Waals surface area contributed by atoms with Crippen molar-refractivity contribution in [1.29, 1.82) is 0 Å². The minimum absolute atomic E-state index is 0.505. The Morgan fingerprint density at radius 3 is 2.86 bits per heavy atom. The van der Waals surface area contributed by atoms with Crippen LogP contribution < -0.4 is 4.74 Å². The zero-order valence-corrected chi connectivity index (χ0v) is 14.2. The molecule has 22 heavy (non-hydrogen) atoms. The van der Waals surface area contributed by atoms with Crippen molar-refractivity contribution in [2.75, 3.05) is 27.2 Å². The molecule has 0 saturated carbocycles. The highest BCUT2D eigenvalue weighted by molar-refractivity contribution is 7.15. The molecule has 0 saturated heterocycles. The molecule has 0 radical (unpaired) electrons. The summed E-state index contributed by atoms with van der Waals surface area (Å²) in [6.45, 7) is 3.69. The Kier molecular flexibility index (Phi) is 6.10. The number of ether oxygens (including phenoxy) is 1. The second-order valence-corrected chi connectivity index (χ2v) is 6.65. The van der Waals surface area contributed by atoms with Gasteiger partial charge in [-0.3, -0.25) is 4.79 Å². The molecule has 2 rings (SSSR count). The van der Waals surface area contributed by atoms with E-state index in [4.69, 9.17) is 4.74 Å². The maximum Gasteiger partial charge on any atom is 0.169 e. The molecule has 2 aromatic rings. The molecule has 1 aromatic heterocycles. The Hall–Kier alpha value is -1.72. The third kappa shape index (κ3) is 4.64. The maximum atomic E-state index is 11.1. The molecule has 5 heteroatoms. The van der Waals surface area contributed by atoms with Gasteiger partial charge < -0.3 is 9.64 Å². The second kappa shape index (κ2) is 8.06. The molecular formula is C17H22N2O2S. The van der Waals surface area contributed by atoms with E-state index in [9.17, 15) is 4.79 Å². The Morgan fingerprint density at radius 1 is 1.32 bits per heavy atom. The highest BCUT2D eigenvalue weighted by Gasteiger charge is 2.11. The number of hydrogen-bond donors (Lipinski definition) is 0. The second-order valence-electron chi connectivity index (χ2n) is 5.45. The number of carbonyl (C=O) groups is 1. The summed E-state index contributed by atoms with van der Waals surface area (Å²) in [5.41, 5.74) is 1.49. The number of aromatic nitrogens is 1. The van der Waals surface area contributed by atoms with E-state index in [2.05, 4.69) is 24.0 Å². The van der Waals surface area contributed by atoms with E-state index >= 15 is 0 Å². The highest BCUT2D eigenvalue weighted by atomic mass is 32.1. The Labute approximate surface area is 135 Å². The van der Waals surface area contributed by atoms with Crippen LogP contribution in [0.3, 0.4) is 0 Å². The van der Waals surface area contributed by atoms with Crippen molar-refractivity contribution in [2.24, 2.45) is 0 Å². The van der Waals surface area contributed by atoms with Gasteiger partial charge in [0, 0.05) is 0 Å². The normalized spacial score (nSPS) is 10.9. The maximum absolute atomic E-state index is 11.1. The lowest BCUT2D eigenvalue weighted by atomic mass is 10.1. The molecule has 0 fully saturated rings. The van der Waals surface area contributed by atoms with E-state index in [0.29, 0.717) is 12.3 Å². The van der Waals surface area contributed by atoms with Gasteiger partial charge in [-0.1, -0.05) is 12.1 Å². The molecule has 0 atom stereocenters. The zero-order chi connectivity index (χ0) is 15.9. The van der Waals surface area contributed by atoms with Crippen molar-refractivity contribution in [3.63, 3.8) is 0 Å². The average molecular weight is 318 g/mol. The lowest BCUT2D eigenvalue weighted by Gasteiger charge is -2.10. The minimum atomic E-state index is 0.505. The molecule has 0 aliphatic rings. The van der Waals surface area contributed by atoms with E-state index in [0.717, 1.165) is 46.9 Å². The van der Waals surface area contributed by atoms with E-state index in [1.165, 1.54) is 11.3 Å². The number of nitrogens with zero attached hydrogens (tertiary/aromatic N) is 2. The van der Waals surface area contributed by atoms with Gasteiger partial charge in [-0.05, 0) is 58.1 Å². The first-order valence-corrected chi connectivity index (χ1v) is 8.22. The van der Waals surface area contributed by atoms with Gasteiger partial charge in [0.25, 0.3) is 0 Å². The van der Waals surface area contributed by atoms with E-state index in [-0.39, 0.29) is 0 Å². The standard InChI is InChI=1S/C17H22N2O2S/c1-13-18-16(12-20)17(22-13)14-7-6-8-15(11-14)21-10-5-4-9-19(2)3/h6-8,11-12H,4-5,9-10H2,1-3H3. The van der Waals surface area contributed by atoms with Crippen molar-refractivity contribution in [3.05, 3.63) is 35.0 Å². The van der Waals surface area contributed by atoms with Crippen molar-refractivity contribution >= 4 is 17.6 Å². The molecular weight excluding hydrogens is 296 g/mol. The summed E-state index contributed by atoms with van der Waals surface area (Å²) >= 11 is 1.53. The van der Waals surface area contributed by atoms with E-state index in [1.807, 2.05) is 31.2 Å². The van der Waals surface area contributed by atoms with E-state index < -0.39 is 0 Å². The van der Waals surface area contributed by atoms with Gasteiger partial charge in [-0.25, -0.2) is 4.98 Å². The fraction of sp³-hybridized carbons (Fsp3) is 0.412. The van der Waals surface area contributed by atoms with Crippen molar-refractivity contribution in [2.45, 2.75) is 19.8 Å². The Morgan fingerprint density at radius 2 is 2.14 bits per heavy atom. The van der Waals surface area contributed by atoms with Crippen LogP contribution in [0.4, 0.5) is 0 Å². The Bertz CT molecular complexity index is 623. The molecule has 0 amide bonds. The fourth-order valence-electron chi connectivity index (χ4n) is 2.18. The van der Waals surface area contributed by atoms with Crippen molar-refractivity contribution in [1.82, 2.24) is 9.88 Å². The first kappa shape index (κ1) is 16.6. The summed E-state index contributed by atoms with van der Waals surface area (Å²) < 4.78 is 5.81. The van der Waals surface area contributed by atoms with Gasteiger partial charge in [0.05, 0.1) is 16.5 Å². The molecule has 0 bridgehead atoms. The molecule has 0 aliphatic carbocycles. The van der Waals surface area contributed by atoms with Crippen LogP contribution >= 0.6 is 11.3 Å². The van der Waals surface area contributed by atoms with Crippen LogP contribution in [0.5, 0.6) is 5.75 Å². The number of carbonyl (C=O) groups excluding carboxylic acids is 1. The Balaban J connectivity index is 1.99. The third-order valence-electron chi connectivity index (χ3n) is 3.24. The van der Waals surface area contributed by atoms with Crippen LogP contribution in [-0.4, -0.2) is 43.4 Å². The lowest BCUT2D eigenvalue weighted by Crippen LogP contribution is -2.13. The van der Waals surface area contributed by atoms with Crippen molar-refractivity contribution < 1.29 is 9.53 Å². The summed E-state index contributed by atoms with van der Waals surface area (Å²) in [7, 11) is 4.15. The number of hydrogen-bond acceptors (Lipinski definition) is 5. The van der Waals surface area contributed by atoms with Crippen LogP contribution in [0.2, 0.25) is 0 Å². The van der Waals surface area contributed by atoms with Gasteiger partial charge in [-0.2, -0.15) is 0 Å². The molecule has 0 aliphatic heterocycles. The predicted octanol–water partition coefficient (Wildman–Crippen LogP) is 3.65. The number of thiazole rings is 1. The first-order chi connectivity index (χ1) is 10.6. The van der Waals surface area contributed by atoms with Gasteiger partial charge in [0.2, 0.25) is 0 Å². The van der Waals surface area contributed by atoms with Gasteiger partial charge in [0.15, 0.2) is 6.29 Å². The van der Waals surface area contributed by atoms with Crippen LogP contribution in [0.15, 0.2) is 24.3 Å². The molecule has 0 unspecified atom stereocenters. The van der Waals surface area contributed by atoms with Gasteiger partial charge in [0.1, 0.15) is 11.4 Å². The number of aryl methyl sites for hydroxylation is 1. The SMILES string of the molecule is Cc1nc(C=O)c(-c2cccc(OCCCCN(C)C)c2)s1. The molecule has 1 aromatic carbocycles. The number of benzene rings is 1. The number of unbranched alkanes of at least 4 members (excludes halogenated alkanes) is 1. The highest BCUT2D eigenvalue weighted by Crippen LogP contribution is 2.31. The number of rotatable bonds is 8. The summed E-state index contributed by atoms with van der Waals surface area (Å²) in [6.07, 6.45) is 2.96.